The van der Waals surface area contributed by atoms with Crippen molar-refractivity contribution in [2.24, 2.45) is 11.3 Å². The fourth-order valence-electron chi connectivity index (χ4n) is 4.21. The van der Waals surface area contributed by atoms with Crippen LogP contribution < -0.4 is 5.32 Å². The Labute approximate surface area is 141 Å². The average Bonchev–Trinajstić information content (AvgIpc) is 2.95. The first kappa shape index (κ1) is 14.6. The van der Waals surface area contributed by atoms with Crippen LogP contribution in [-0.4, -0.2) is 49.5 Å². The minimum Gasteiger partial charge on any atom is -0.396 e. The van der Waals surface area contributed by atoms with Gasteiger partial charge in [-0.1, -0.05) is 0 Å². The Morgan fingerprint density at radius 1 is 1.50 bits per heavy atom. The van der Waals surface area contributed by atoms with Gasteiger partial charge in [-0.15, -0.1) is 0 Å². The third-order valence-electron chi connectivity index (χ3n) is 5.53. The van der Waals surface area contributed by atoms with Crippen LogP contribution in [0.25, 0.3) is 11.2 Å². The van der Waals surface area contributed by atoms with Crippen molar-refractivity contribution in [1.29, 1.82) is 0 Å². The number of aliphatic hydroxyl groups is 2. The molecule has 2 fully saturated rings. The van der Waals surface area contributed by atoms with Crippen LogP contribution in [0.3, 0.4) is 0 Å². The molecule has 2 heterocycles. The van der Waals surface area contributed by atoms with Gasteiger partial charge in [-0.05, 0) is 25.2 Å². The third kappa shape index (κ3) is 1.77. The third-order valence-corrected chi connectivity index (χ3v) is 6.02. The monoisotopic (exact) mass is 415 g/mol. The molecule has 2 aromatic heterocycles. The maximum absolute atomic E-state index is 10.4. The Kier molecular flexibility index (Phi) is 3.31. The van der Waals surface area contributed by atoms with Crippen LogP contribution in [0.4, 0.5) is 5.82 Å². The zero-order chi connectivity index (χ0) is 15.5. The number of hydrogen-bond acceptors (Lipinski definition) is 6. The molecule has 4 rings (SSSR count). The fraction of sp³-hybridized carbons (Fsp3) is 0.643. The smallest absolute Gasteiger partial charge is 0.194 e. The first-order valence-corrected chi connectivity index (χ1v) is 8.55. The van der Waals surface area contributed by atoms with Gasteiger partial charge < -0.3 is 20.1 Å². The zero-order valence-corrected chi connectivity index (χ0v) is 14.4. The SMILES string of the molecule is CNc1nc(I)nc2c1ncn2[C@H]1C[C@H](O)[C@]2(CO)CC[C@H]12. The molecule has 2 aromatic rings. The van der Waals surface area contributed by atoms with Crippen molar-refractivity contribution in [2.75, 3.05) is 19.0 Å². The van der Waals surface area contributed by atoms with Crippen LogP contribution in [-0.2, 0) is 0 Å². The highest BCUT2D eigenvalue weighted by molar-refractivity contribution is 14.1. The number of aromatic nitrogens is 4. The maximum atomic E-state index is 10.4. The minimum atomic E-state index is -0.455. The second kappa shape index (κ2) is 5.00. The van der Waals surface area contributed by atoms with E-state index >= 15 is 0 Å². The largest absolute Gasteiger partial charge is 0.396 e. The number of anilines is 1. The van der Waals surface area contributed by atoms with Gasteiger partial charge in [-0.3, -0.25) is 0 Å². The van der Waals surface area contributed by atoms with Crippen LogP contribution in [0.2, 0.25) is 0 Å². The Hall–Kier alpha value is -1.00. The number of nitrogens with one attached hydrogen (secondary N) is 1. The van der Waals surface area contributed by atoms with Crippen molar-refractivity contribution in [3.63, 3.8) is 0 Å². The second-order valence-electron chi connectivity index (χ2n) is 6.27. The molecule has 4 atom stereocenters. The van der Waals surface area contributed by atoms with Gasteiger partial charge in [0.1, 0.15) is 0 Å². The van der Waals surface area contributed by atoms with Gasteiger partial charge in [0, 0.05) is 41.1 Å². The van der Waals surface area contributed by atoms with Gasteiger partial charge in [-0.2, -0.15) is 0 Å². The number of nitrogens with zero attached hydrogens (tertiary/aromatic N) is 4. The van der Waals surface area contributed by atoms with Crippen molar-refractivity contribution >= 4 is 39.6 Å². The molecule has 0 radical (unpaired) electrons. The van der Waals surface area contributed by atoms with Gasteiger partial charge in [0.25, 0.3) is 0 Å². The van der Waals surface area contributed by atoms with Gasteiger partial charge in [0.15, 0.2) is 20.8 Å². The standard InChI is InChI=1S/C14H18IN5O2/c1-16-11-10-12(19-13(15)18-11)20(6-17-10)8-4-9(22)14(5-21)3-2-7(8)14/h6-9,21-22H,2-5H2,1H3,(H,16,18,19)/t7-,8+,9+,14+/m1/s1. The lowest BCUT2D eigenvalue weighted by atomic mass is 9.60. The number of fused-ring (bicyclic) bond motifs is 2. The number of halogens is 1. The second-order valence-corrected chi connectivity index (χ2v) is 7.24. The summed E-state index contributed by atoms with van der Waals surface area (Å²) in [5.41, 5.74) is 1.22. The van der Waals surface area contributed by atoms with Crippen molar-refractivity contribution in [3.8, 4) is 0 Å². The quantitative estimate of drug-likeness (QED) is 0.515. The van der Waals surface area contributed by atoms with E-state index in [0.29, 0.717) is 16.1 Å². The number of aliphatic hydroxyl groups excluding tert-OH is 2. The van der Waals surface area contributed by atoms with Gasteiger partial charge in [0.2, 0.25) is 0 Å². The van der Waals surface area contributed by atoms with Crippen molar-refractivity contribution in [3.05, 3.63) is 10.2 Å². The lowest BCUT2D eigenvalue weighted by molar-refractivity contribution is -0.0838. The van der Waals surface area contributed by atoms with Crippen molar-refractivity contribution in [2.45, 2.75) is 31.4 Å². The molecule has 8 heteroatoms. The summed E-state index contributed by atoms with van der Waals surface area (Å²) in [6, 6.07) is 0.135. The van der Waals surface area contributed by atoms with Crippen LogP contribution in [0.15, 0.2) is 6.33 Å². The molecule has 0 aliphatic heterocycles. The van der Waals surface area contributed by atoms with Gasteiger partial charge >= 0.3 is 0 Å². The van der Waals surface area contributed by atoms with E-state index in [1.807, 2.05) is 7.05 Å². The summed E-state index contributed by atoms with van der Waals surface area (Å²) in [4.78, 5) is 13.3. The van der Waals surface area contributed by atoms with Crippen LogP contribution in [0.1, 0.15) is 25.3 Å². The van der Waals surface area contributed by atoms with Crippen LogP contribution >= 0.6 is 22.6 Å². The molecule has 0 spiro atoms. The first-order valence-electron chi connectivity index (χ1n) is 7.47. The molecule has 0 saturated heterocycles. The molecular weight excluding hydrogens is 397 g/mol. The van der Waals surface area contributed by atoms with E-state index in [9.17, 15) is 10.2 Å². The molecular formula is C14H18IN5O2. The lowest BCUT2D eigenvalue weighted by Gasteiger charge is -2.47. The Balaban J connectivity index is 1.81. The van der Waals surface area contributed by atoms with Crippen LogP contribution in [0, 0.1) is 15.2 Å². The molecule has 22 heavy (non-hydrogen) atoms. The predicted molar refractivity (Wildman–Crippen MR) is 89.5 cm³/mol. The normalized spacial score (nSPS) is 33.7. The highest BCUT2D eigenvalue weighted by Crippen LogP contribution is 2.61. The van der Waals surface area contributed by atoms with E-state index in [4.69, 9.17) is 0 Å². The summed E-state index contributed by atoms with van der Waals surface area (Å²) in [6.45, 7) is 0.0518. The van der Waals surface area contributed by atoms with Gasteiger partial charge in [0.05, 0.1) is 19.0 Å². The molecule has 2 aliphatic rings. The molecule has 2 aliphatic carbocycles. The average molecular weight is 415 g/mol. The van der Waals surface area contributed by atoms with E-state index in [1.54, 1.807) is 6.33 Å². The van der Waals surface area contributed by atoms with E-state index < -0.39 is 6.10 Å². The van der Waals surface area contributed by atoms with Crippen LogP contribution in [0.5, 0.6) is 0 Å². The predicted octanol–water partition coefficient (Wildman–Crippen LogP) is 1.17. The minimum absolute atomic E-state index is 0.0518. The molecule has 2 saturated carbocycles. The Morgan fingerprint density at radius 3 is 2.91 bits per heavy atom. The molecule has 0 unspecified atom stereocenters. The summed E-state index contributed by atoms with van der Waals surface area (Å²) in [5.74, 6) is 1.00. The zero-order valence-electron chi connectivity index (χ0n) is 12.2. The van der Waals surface area contributed by atoms with E-state index in [2.05, 4.69) is 47.4 Å². The highest BCUT2D eigenvalue weighted by Gasteiger charge is 2.60. The summed E-state index contributed by atoms with van der Waals surface area (Å²) < 4.78 is 2.72. The molecule has 7 nitrogen and oxygen atoms in total. The molecule has 0 aromatic carbocycles. The Morgan fingerprint density at radius 2 is 2.32 bits per heavy atom. The van der Waals surface area contributed by atoms with E-state index in [0.717, 1.165) is 24.0 Å². The van der Waals surface area contributed by atoms with Gasteiger partial charge in [-0.25, -0.2) is 15.0 Å². The molecule has 0 amide bonds. The van der Waals surface area contributed by atoms with Crippen molar-refractivity contribution in [1.82, 2.24) is 19.5 Å². The summed E-state index contributed by atoms with van der Waals surface area (Å²) in [5, 5.41) is 23.2. The molecule has 0 bridgehead atoms. The fourth-order valence-corrected chi connectivity index (χ4v) is 4.68. The summed E-state index contributed by atoms with van der Waals surface area (Å²) >= 11 is 2.10. The first-order chi connectivity index (χ1) is 10.6. The number of rotatable bonds is 3. The molecule has 118 valence electrons. The van der Waals surface area contributed by atoms with E-state index in [-0.39, 0.29) is 24.0 Å². The highest BCUT2D eigenvalue weighted by atomic mass is 127. The lowest BCUT2D eigenvalue weighted by Crippen LogP contribution is -2.47. The summed E-state index contributed by atoms with van der Waals surface area (Å²) in [7, 11) is 1.82. The number of hydrogen-bond donors (Lipinski definition) is 3. The Bertz CT molecular complexity index is 731. The summed E-state index contributed by atoms with van der Waals surface area (Å²) in [6.07, 6.45) is 3.91. The number of imidazole rings is 1. The van der Waals surface area contributed by atoms with Crippen molar-refractivity contribution < 1.29 is 10.2 Å². The maximum Gasteiger partial charge on any atom is 0.194 e. The topological polar surface area (TPSA) is 96.1 Å². The van der Waals surface area contributed by atoms with E-state index in [1.165, 1.54) is 0 Å². The molecule has 3 N–H and O–H groups in total.